The van der Waals surface area contributed by atoms with E-state index in [2.05, 4.69) is 40.5 Å². The number of hydrogen-bond acceptors (Lipinski definition) is 9. The standard InChI is InChI=1S/C24H23ClN8O2S/c25-17-4-5-20-16(6-17)8-30(19-10-36(34,35)11-19)9-22-28-29-23(33(20)22)32-14-24(15-32)12-31(13-24)21-3-1-2-18(7-26)27-21/h1-6,19H,8-15H2. The lowest BCUT2D eigenvalue weighted by molar-refractivity contribution is 0.153. The minimum atomic E-state index is -2.94. The summed E-state index contributed by atoms with van der Waals surface area (Å²) in [6.07, 6.45) is 0. The predicted octanol–water partition coefficient (Wildman–Crippen LogP) is 1.63. The van der Waals surface area contributed by atoms with Gasteiger partial charge in [0.2, 0.25) is 5.95 Å². The highest BCUT2D eigenvalue weighted by molar-refractivity contribution is 7.92. The Bertz CT molecular complexity index is 1520. The smallest absolute Gasteiger partial charge is 0.231 e. The van der Waals surface area contributed by atoms with Crippen molar-refractivity contribution in [2.24, 2.45) is 5.41 Å². The summed E-state index contributed by atoms with van der Waals surface area (Å²) in [6, 6.07) is 13.5. The molecule has 184 valence electrons. The second-order valence-corrected chi connectivity index (χ2v) is 13.0. The first-order chi connectivity index (χ1) is 17.3. The number of halogens is 1. The van der Waals surface area contributed by atoms with Crippen molar-refractivity contribution in [1.29, 1.82) is 5.26 Å². The molecule has 36 heavy (non-hydrogen) atoms. The maximum absolute atomic E-state index is 11.8. The lowest BCUT2D eigenvalue weighted by Gasteiger charge is -2.60. The number of nitriles is 1. The van der Waals surface area contributed by atoms with Crippen molar-refractivity contribution >= 4 is 33.2 Å². The molecule has 2 aromatic heterocycles. The van der Waals surface area contributed by atoms with Crippen LogP contribution < -0.4 is 9.80 Å². The molecule has 0 aliphatic carbocycles. The second kappa shape index (κ2) is 7.65. The van der Waals surface area contributed by atoms with E-state index in [-0.39, 0.29) is 23.0 Å². The second-order valence-electron chi connectivity index (χ2n) is 10.4. The van der Waals surface area contributed by atoms with Gasteiger partial charge in [-0.2, -0.15) is 5.26 Å². The lowest BCUT2D eigenvalue weighted by atomic mass is 9.73. The van der Waals surface area contributed by atoms with Crippen molar-refractivity contribution in [2.75, 3.05) is 47.5 Å². The highest BCUT2D eigenvalue weighted by Crippen LogP contribution is 2.44. The summed E-state index contributed by atoms with van der Waals surface area (Å²) in [6.45, 7) is 4.67. The Labute approximate surface area is 213 Å². The molecule has 1 aromatic carbocycles. The summed E-state index contributed by atoms with van der Waals surface area (Å²) in [5, 5.41) is 18.9. The van der Waals surface area contributed by atoms with Crippen LogP contribution in [0, 0.1) is 16.7 Å². The maximum Gasteiger partial charge on any atom is 0.231 e. The normalized spacial score (nSPS) is 22.0. The van der Waals surface area contributed by atoms with Crippen LogP contribution in [-0.2, 0) is 22.9 Å². The third-order valence-corrected chi connectivity index (χ3v) is 9.70. The largest absolute Gasteiger partial charge is 0.355 e. The molecule has 10 nitrogen and oxygen atoms in total. The maximum atomic E-state index is 11.8. The number of aromatic nitrogens is 4. The Morgan fingerprint density at radius 1 is 1.03 bits per heavy atom. The molecule has 0 saturated carbocycles. The SMILES string of the molecule is N#Cc1cccc(N2CC3(C2)CN(c2nnc4n2-c2ccc(Cl)cc2CN(C2CS(=O)(=O)C2)C4)C3)n1. The summed E-state index contributed by atoms with van der Waals surface area (Å²) < 4.78 is 25.8. The number of anilines is 2. The topological polar surface area (TPSA) is 111 Å². The Morgan fingerprint density at radius 2 is 1.81 bits per heavy atom. The van der Waals surface area contributed by atoms with Gasteiger partial charge in [-0.1, -0.05) is 17.7 Å². The molecule has 0 N–H and O–H groups in total. The van der Waals surface area contributed by atoms with Crippen LogP contribution in [0.2, 0.25) is 5.02 Å². The van der Waals surface area contributed by atoms with Crippen LogP contribution in [0.1, 0.15) is 17.1 Å². The van der Waals surface area contributed by atoms with E-state index >= 15 is 0 Å². The molecule has 4 aliphatic heterocycles. The molecule has 0 unspecified atom stereocenters. The fourth-order valence-electron chi connectivity index (χ4n) is 5.91. The summed E-state index contributed by atoms with van der Waals surface area (Å²) in [4.78, 5) is 11.1. The van der Waals surface area contributed by atoms with Gasteiger partial charge in [-0.3, -0.25) is 9.47 Å². The monoisotopic (exact) mass is 522 g/mol. The van der Waals surface area contributed by atoms with Crippen LogP contribution in [0.4, 0.5) is 11.8 Å². The lowest BCUT2D eigenvalue weighted by Crippen LogP contribution is -2.73. The molecular weight excluding hydrogens is 500 g/mol. The average molecular weight is 523 g/mol. The Morgan fingerprint density at radius 3 is 2.56 bits per heavy atom. The van der Waals surface area contributed by atoms with Gasteiger partial charge in [-0.25, -0.2) is 13.4 Å². The molecule has 0 amide bonds. The first-order valence-corrected chi connectivity index (χ1v) is 14.1. The number of rotatable bonds is 3. The quantitative estimate of drug-likeness (QED) is 0.506. The molecule has 0 radical (unpaired) electrons. The Balaban J connectivity index is 1.13. The molecule has 3 saturated heterocycles. The molecule has 0 atom stereocenters. The number of fused-ring (bicyclic) bond motifs is 3. The van der Waals surface area contributed by atoms with E-state index in [4.69, 9.17) is 16.9 Å². The average Bonchev–Trinajstić information content (AvgIpc) is 3.11. The van der Waals surface area contributed by atoms with Gasteiger partial charge in [0.05, 0.1) is 23.7 Å². The number of benzene rings is 1. The summed E-state index contributed by atoms with van der Waals surface area (Å²) >= 11 is 6.35. The molecule has 7 rings (SSSR count). The number of sulfone groups is 1. The molecule has 3 aromatic rings. The summed E-state index contributed by atoms with van der Waals surface area (Å²) in [5.74, 6) is 2.83. The Kier molecular flexibility index (Phi) is 4.68. The van der Waals surface area contributed by atoms with Gasteiger partial charge in [0.1, 0.15) is 17.6 Å². The van der Waals surface area contributed by atoms with Crippen LogP contribution in [0.15, 0.2) is 36.4 Å². The zero-order valence-electron chi connectivity index (χ0n) is 19.4. The van der Waals surface area contributed by atoms with E-state index in [1.807, 2.05) is 30.3 Å². The van der Waals surface area contributed by atoms with Gasteiger partial charge >= 0.3 is 0 Å². The molecular formula is C24H23ClN8O2S. The van der Waals surface area contributed by atoms with Crippen molar-refractivity contribution in [3.63, 3.8) is 0 Å². The van der Waals surface area contributed by atoms with Crippen molar-refractivity contribution in [1.82, 2.24) is 24.6 Å². The summed E-state index contributed by atoms with van der Waals surface area (Å²) in [5.41, 5.74) is 2.64. The van der Waals surface area contributed by atoms with Gasteiger partial charge < -0.3 is 9.80 Å². The van der Waals surface area contributed by atoms with Crippen LogP contribution in [0.5, 0.6) is 0 Å². The van der Waals surface area contributed by atoms with Crippen LogP contribution in [0.25, 0.3) is 5.69 Å². The van der Waals surface area contributed by atoms with Gasteiger partial charge in [0, 0.05) is 49.2 Å². The van der Waals surface area contributed by atoms with E-state index in [0.29, 0.717) is 23.8 Å². The molecule has 3 fully saturated rings. The predicted molar refractivity (Wildman–Crippen MR) is 134 cm³/mol. The zero-order chi connectivity index (χ0) is 24.7. The van der Waals surface area contributed by atoms with Crippen molar-refractivity contribution in [3.8, 4) is 11.8 Å². The van der Waals surface area contributed by atoms with E-state index in [0.717, 1.165) is 55.0 Å². The zero-order valence-corrected chi connectivity index (χ0v) is 21.0. The highest BCUT2D eigenvalue weighted by Gasteiger charge is 2.53. The van der Waals surface area contributed by atoms with Crippen molar-refractivity contribution < 1.29 is 8.42 Å². The minimum absolute atomic E-state index is 0.0186. The molecule has 4 aliphatic rings. The van der Waals surface area contributed by atoms with E-state index in [9.17, 15) is 8.42 Å². The number of hydrogen-bond donors (Lipinski definition) is 0. The van der Waals surface area contributed by atoms with Gasteiger partial charge in [-0.15, -0.1) is 10.2 Å². The fourth-order valence-corrected chi connectivity index (χ4v) is 7.61. The third kappa shape index (κ3) is 3.47. The first kappa shape index (κ1) is 22.0. The molecule has 0 bridgehead atoms. The molecule has 1 spiro atoms. The Hall–Kier alpha value is -3.20. The number of pyridine rings is 1. The van der Waals surface area contributed by atoms with Crippen LogP contribution in [-0.4, -0.2) is 76.8 Å². The third-order valence-electron chi connectivity index (χ3n) is 7.68. The van der Waals surface area contributed by atoms with E-state index < -0.39 is 9.84 Å². The van der Waals surface area contributed by atoms with Crippen LogP contribution >= 0.6 is 11.6 Å². The van der Waals surface area contributed by atoms with Gasteiger partial charge in [-0.05, 0) is 35.9 Å². The van der Waals surface area contributed by atoms with E-state index in [1.54, 1.807) is 6.07 Å². The fraction of sp³-hybridized carbons (Fsp3) is 0.417. The van der Waals surface area contributed by atoms with Crippen LogP contribution in [0.3, 0.4) is 0 Å². The van der Waals surface area contributed by atoms with E-state index in [1.165, 1.54) is 0 Å². The van der Waals surface area contributed by atoms with Crippen molar-refractivity contribution in [3.05, 3.63) is 58.5 Å². The summed E-state index contributed by atoms with van der Waals surface area (Å²) in [7, 11) is -2.94. The first-order valence-electron chi connectivity index (χ1n) is 11.9. The molecule has 6 heterocycles. The molecule has 12 heteroatoms. The highest BCUT2D eigenvalue weighted by atomic mass is 35.5. The van der Waals surface area contributed by atoms with Crippen molar-refractivity contribution in [2.45, 2.75) is 19.1 Å². The minimum Gasteiger partial charge on any atom is -0.355 e. The number of nitrogens with zero attached hydrogens (tertiary/aromatic N) is 8. The van der Waals surface area contributed by atoms with Gasteiger partial charge in [0.25, 0.3) is 0 Å². The van der Waals surface area contributed by atoms with Gasteiger partial charge in [0.15, 0.2) is 15.7 Å².